The van der Waals surface area contributed by atoms with Crippen molar-refractivity contribution in [2.24, 2.45) is 5.41 Å². The Hall–Kier alpha value is -0.180. The summed E-state index contributed by atoms with van der Waals surface area (Å²) in [6, 6.07) is 0. The molecule has 0 aliphatic rings. The Morgan fingerprint density at radius 1 is 1.13 bits per heavy atom. The first-order valence-corrected chi connectivity index (χ1v) is 6.38. The smallest absolute Gasteiger partial charge is 0.306 e. The summed E-state index contributed by atoms with van der Waals surface area (Å²) >= 11 is 1.82. The molecule has 0 saturated heterocycles. The van der Waals surface area contributed by atoms with Crippen molar-refractivity contribution in [1.82, 2.24) is 0 Å². The summed E-state index contributed by atoms with van der Waals surface area (Å²) in [5, 5.41) is 0. The van der Waals surface area contributed by atoms with Gasteiger partial charge in [-0.05, 0) is 5.41 Å². The molecule has 0 N–H and O–H groups in total. The zero-order chi connectivity index (χ0) is 12.1. The third kappa shape index (κ3) is 11.7. The number of esters is 1. The second-order valence-corrected chi connectivity index (χ2v) is 7.84. The van der Waals surface area contributed by atoms with Crippen LogP contribution in [0.5, 0.6) is 0 Å². The van der Waals surface area contributed by atoms with Crippen molar-refractivity contribution in [3.63, 3.8) is 0 Å². The van der Waals surface area contributed by atoms with Crippen LogP contribution in [0.2, 0.25) is 0 Å². The molecular formula is C12H24O2S. The molecule has 0 aliphatic carbocycles. The van der Waals surface area contributed by atoms with Crippen LogP contribution in [0.3, 0.4) is 0 Å². The van der Waals surface area contributed by atoms with Crippen LogP contribution in [0, 0.1) is 5.41 Å². The second-order valence-electron chi connectivity index (χ2n) is 5.92. The number of rotatable bonds is 4. The molecule has 2 nitrogen and oxygen atoms in total. The van der Waals surface area contributed by atoms with E-state index in [2.05, 4.69) is 20.8 Å². The molecule has 0 aromatic rings. The predicted molar refractivity (Wildman–Crippen MR) is 67.2 cm³/mol. The van der Waals surface area contributed by atoms with Crippen molar-refractivity contribution in [3.05, 3.63) is 0 Å². The molecule has 0 radical (unpaired) electrons. The molecule has 0 unspecified atom stereocenters. The fraction of sp³-hybridized carbons (Fsp3) is 0.917. The predicted octanol–water partition coefficient (Wildman–Crippen LogP) is 3.50. The molecule has 0 heterocycles. The minimum Gasteiger partial charge on any atom is -0.465 e. The highest BCUT2D eigenvalue weighted by Gasteiger charge is 2.17. The molecule has 15 heavy (non-hydrogen) atoms. The molecule has 0 aliphatic heterocycles. The third-order valence-electron chi connectivity index (χ3n) is 1.56. The minimum absolute atomic E-state index is 0.0221. The Labute approximate surface area is 98.2 Å². The SMILES string of the molecule is CC(C)(C)CC(=O)OCCSC(C)(C)C. The molecular weight excluding hydrogens is 208 g/mol. The van der Waals surface area contributed by atoms with Crippen molar-refractivity contribution in [2.45, 2.75) is 52.7 Å². The molecule has 0 spiro atoms. The fourth-order valence-electron chi connectivity index (χ4n) is 0.987. The summed E-state index contributed by atoms with van der Waals surface area (Å²) in [6.07, 6.45) is 0.493. The van der Waals surface area contributed by atoms with Gasteiger partial charge in [-0.2, -0.15) is 11.8 Å². The van der Waals surface area contributed by atoms with E-state index >= 15 is 0 Å². The van der Waals surface area contributed by atoms with Crippen LogP contribution in [-0.4, -0.2) is 23.1 Å². The van der Waals surface area contributed by atoms with E-state index in [4.69, 9.17) is 4.74 Å². The highest BCUT2D eigenvalue weighted by Crippen LogP contribution is 2.23. The van der Waals surface area contributed by atoms with Crippen LogP contribution >= 0.6 is 11.8 Å². The zero-order valence-electron chi connectivity index (χ0n) is 10.8. The van der Waals surface area contributed by atoms with Crippen molar-refractivity contribution >= 4 is 17.7 Å². The Balaban J connectivity index is 3.57. The lowest BCUT2D eigenvalue weighted by Crippen LogP contribution is -2.17. The van der Waals surface area contributed by atoms with E-state index in [1.165, 1.54) is 0 Å². The molecule has 0 atom stereocenters. The van der Waals surface area contributed by atoms with Gasteiger partial charge in [-0.15, -0.1) is 0 Å². The van der Waals surface area contributed by atoms with Gasteiger partial charge in [0.25, 0.3) is 0 Å². The summed E-state index contributed by atoms with van der Waals surface area (Å²) in [5.41, 5.74) is 0.0221. The summed E-state index contributed by atoms with van der Waals surface area (Å²) in [4.78, 5) is 11.4. The summed E-state index contributed by atoms with van der Waals surface area (Å²) in [7, 11) is 0. The Kier molecular flexibility index (Phi) is 5.71. The van der Waals surface area contributed by atoms with E-state index in [-0.39, 0.29) is 16.1 Å². The van der Waals surface area contributed by atoms with Crippen LogP contribution in [-0.2, 0) is 9.53 Å². The quantitative estimate of drug-likeness (QED) is 0.548. The van der Waals surface area contributed by atoms with Gasteiger partial charge in [0, 0.05) is 10.5 Å². The summed E-state index contributed by atoms with van der Waals surface area (Å²) in [5.74, 6) is 0.788. The maximum Gasteiger partial charge on any atom is 0.306 e. The van der Waals surface area contributed by atoms with Crippen LogP contribution in [0.25, 0.3) is 0 Å². The van der Waals surface area contributed by atoms with Gasteiger partial charge in [-0.25, -0.2) is 0 Å². The highest BCUT2D eigenvalue weighted by atomic mass is 32.2. The summed E-state index contributed by atoms with van der Waals surface area (Å²) < 4.78 is 5.40. The average molecular weight is 232 g/mol. The Morgan fingerprint density at radius 3 is 2.07 bits per heavy atom. The van der Waals surface area contributed by atoms with Gasteiger partial charge >= 0.3 is 5.97 Å². The van der Waals surface area contributed by atoms with Gasteiger partial charge in [0.05, 0.1) is 6.42 Å². The molecule has 3 heteroatoms. The van der Waals surface area contributed by atoms with Crippen LogP contribution in [0.1, 0.15) is 48.0 Å². The topological polar surface area (TPSA) is 26.3 Å². The van der Waals surface area contributed by atoms with Crippen molar-refractivity contribution in [3.8, 4) is 0 Å². The molecule has 0 saturated carbocycles. The number of carbonyl (C=O) groups excluding carboxylic acids is 1. The number of hydrogen-bond donors (Lipinski definition) is 0. The number of thioether (sulfide) groups is 1. The molecule has 0 rings (SSSR count). The van der Waals surface area contributed by atoms with Gasteiger partial charge in [0.2, 0.25) is 0 Å². The Bertz CT molecular complexity index is 199. The monoisotopic (exact) mass is 232 g/mol. The first kappa shape index (κ1) is 14.8. The lowest BCUT2D eigenvalue weighted by molar-refractivity contribution is -0.145. The van der Waals surface area contributed by atoms with E-state index in [0.717, 1.165) is 5.75 Å². The first-order valence-electron chi connectivity index (χ1n) is 5.40. The van der Waals surface area contributed by atoms with Crippen LogP contribution < -0.4 is 0 Å². The highest BCUT2D eigenvalue weighted by molar-refractivity contribution is 8.00. The lowest BCUT2D eigenvalue weighted by atomic mass is 9.93. The number of hydrogen-bond acceptors (Lipinski definition) is 3. The molecule has 0 aromatic heterocycles. The molecule has 0 aromatic carbocycles. The van der Waals surface area contributed by atoms with Crippen LogP contribution in [0.4, 0.5) is 0 Å². The second kappa shape index (κ2) is 5.78. The van der Waals surface area contributed by atoms with Gasteiger partial charge in [-0.1, -0.05) is 41.5 Å². The van der Waals surface area contributed by atoms with Gasteiger partial charge in [-0.3, -0.25) is 4.79 Å². The largest absolute Gasteiger partial charge is 0.465 e. The normalized spacial score (nSPS) is 12.7. The van der Waals surface area contributed by atoms with E-state index in [9.17, 15) is 4.79 Å². The fourth-order valence-corrected chi connectivity index (χ4v) is 1.77. The van der Waals surface area contributed by atoms with Gasteiger partial charge < -0.3 is 4.74 Å². The molecule has 0 amide bonds. The zero-order valence-corrected chi connectivity index (χ0v) is 11.7. The van der Waals surface area contributed by atoms with Crippen molar-refractivity contribution in [2.75, 3.05) is 12.4 Å². The summed E-state index contributed by atoms with van der Waals surface area (Å²) in [6.45, 7) is 13.1. The van der Waals surface area contributed by atoms with E-state index in [1.54, 1.807) is 0 Å². The van der Waals surface area contributed by atoms with E-state index in [0.29, 0.717) is 13.0 Å². The third-order valence-corrected chi connectivity index (χ3v) is 2.79. The van der Waals surface area contributed by atoms with E-state index < -0.39 is 0 Å². The minimum atomic E-state index is -0.0861. The number of carbonyl (C=O) groups is 1. The number of ether oxygens (including phenoxy) is 1. The van der Waals surface area contributed by atoms with Crippen molar-refractivity contribution in [1.29, 1.82) is 0 Å². The molecule has 90 valence electrons. The first-order chi connectivity index (χ1) is 6.60. The average Bonchev–Trinajstić information content (AvgIpc) is 1.92. The van der Waals surface area contributed by atoms with Gasteiger partial charge in [0.15, 0.2) is 0 Å². The molecule has 0 bridgehead atoms. The van der Waals surface area contributed by atoms with Crippen LogP contribution in [0.15, 0.2) is 0 Å². The lowest BCUT2D eigenvalue weighted by Gasteiger charge is -2.19. The standard InChI is InChI=1S/C12H24O2S/c1-11(2,3)9-10(13)14-7-8-15-12(4,5)6/h7-9H2,1-6H3. The molecule has 0 fully saturated rings. The maximum absolute atomic E-state index is 11.4. The van der Waals surface area contributed by atoms with E-state index in [1.807, 2.05) is 32.5 Å². The van der Waals surface area contributed by atoms with Gasteiger partial charge in [0.1, 0.15) is 6.61 Å². The Morgan fingerprint density at radius 2 is 1.67 bits per heavy atom. The van der Waals surface area contributed by atoms with Crippen molar-refractivity contribution < 1.29 is 9.53 Å². The maximum atomic E-state index is 11.4.